The molecule has 2 amide bonds. The highest BCUT2D eigenvalue weighted by Crippen LogP contribution is 2.13. The molecule has 6 heteroatoms. The molecule has 0 unspecified atom stereocenters. The second-order valence-corrected chi connectivity index (χ2v) is 4.14. The molecule has 100 valence electrons. The molecule has 0 aliphatic heterocycles. The quantitative estimate of drug-likeness (QED) is 0.709. The van der Waals surface area contributed by atoms with Crippen LogP contribution in [0.15, 0.2) is 30.6 Å². The third kappa shape index (κ3) is 3.89. The van der Waals surface area contributed by atoms with E-state index in [0.29, 0.717) is 18.9 Å². The van der Waals surface area contributed by atoms with E-state index in [0.717, 1.165) is 23.7 Å². The molecule has 2 aromatic heterocycles. The number of hydrogen-bond acceptors (Lipinski definition) is 4. The Kier molecular flexibility index (Phi) is 4.63. The second kappa shape index (κ2) is 6.65. The van der Waals surface area contributed by atoms with Crippen molar-refractivity contribution in [2.75, 3.05) is 18.4 Å². The molecule has 2 aromatic rings. The van der Waals surface area contributed by atoms with Crippen LogP contribution in [0.4, 0.5) is 10.6 Å². The third-order valence-electron chi connectivity index (χ3n) is 2.65. The van der Waals surface area contributed by atoms with Crippen molar-refractivity contribution in [3.05, 3.63) is 30.6 Å². The first-order valence-corrected chi connectivity index (χ1v) is 6.25. The predicted octanol–water partition coefficient (Wildman–Crippen LogP) is 1.49. The molecule has 0 aromatic carbocycles. The zero-order valence-corrected chi connectivity index (χ0v) is 10.6. The minimum Gasteiger partial charge on any atom is -0.338 e. The summed E-state index contributed by atoms with van der Waals surface area (Å²) in [6, 6.07) is 5.18. The van der Waals surface area contributed by atoms with Gasteiger partial charge in [0.2, 0.25) is 0 Å². The summed E-state index contributed by atoms with van der Waals surface area (Å²) < 4.78 is 0. The van der Waals surface area contributed by atoms with Gasteiger partial charge < -0.3 is 11.1 Å². The Bertz CT molecular complexity index is 557. The minimum atomic E-state index is -0.252. The fourth-order valence-electron chi connectivity index (χ4n) is 1.67. The van der Waals surface area contributed by atoms with Crippen LogP contribution in [0.1, 0.15) is 12.8 Å². The van der Waals surface area contributed by atoms with E-state index < -0.39 is 0 Å². The zero-order chi connectivity index (χ0) is 13.5. The number of nitrogens with zero attached hydrogens (tertiary/aromatic N) is 2. The van der Waals surface area contributed by atoms with E-state index in [2.05, 4.69) is 20.6 Å². The van der Waals surface area contributed by atoms with E-state index in [1.807, 2.05) is 6.07 Å². The molecule has 2 rings (SSSR count). The van der Waals surface area contributed by atoms with E-state index in [4.69, 9.17) is 5.73 Å². The maximum absolute atomic E-state index is 11.6. The standard InChI is InChI=1S/C13H17N5O/c14-6-1-2-7-16-13(19)18-12-4-3-10-9-15-8-5-11(10)17-12/h3-5,8-9H,1-2,6-7,14H2,(H2,16,17,18,19). The van der Waals surface area contributed by atoms with Gasteiger partial charge in [-0.3, -0.25) is 10.3 Å². The van der Waals surface area contributed by atoms with Crippen LogP contribution in [0.2, 0.25) is 0 Å². The molecule has 0 aliphatic carbocycles. The molecule has 0 spiro atoms. The molecule has 2 heterocycles. The van der Waals surface area contributed by atoms with E-state index in [1.165, 1.54) is 0 Å². The molecule has 6 nitrogen and oxygen atoms in total. The lowest BCUT2D eigenvalue weighted by molar-refractivity contribution is 0.252. The second-order valence-electron chi connectivity index (χ2n) is 4.14. The van der Waals surface area contributed by atoms with E-state index in [1.54, 1.807) is 24.5 Å². The van der Waals surface area contributed by atoms with Gasteiger partial charge >= 0.3 is 6.03 Å². The Hall–Kier alpha value is -2.21. The van der Waals surface area contributed by atoms with Crippen LogP contribution >= 0.6 is 0 Å². The minimum absolute atomic E-state index is 0.252. The van der Waals surface area contributed by atoms with Crippen LogP contribution in [0.5, 0.6) is 0 Å². The number of fused-ring (bicyclic) bond motifs is 1. The Labute approximate surface area is 111 Å². The largest absolute Gasteiger partial charge is 0.338 e. The number of aromatic nitrogens is 2. The first kappa shape index (κ1) is 13.2. The Morgan fingerprint density at radius 3 is 3.00 bits per heavy atom. The predicted molar refractivity (Wildman–Crippen MR) is 74.8 cm³/mol. The lowest BCUT2D eigenvalue weighted by Crippen LogP contribution is -2.30. The van der Waals surface area contributed by atoms with Gasteiger partial charge in [-0.2, -0.15) is 0 Å². The number of carbonyl (C=O) groups excluding carboxylic acids is 1. The molecule has 0 saturated carbocycles. The van der Waals surface area contributed by atoms with Crippen molar-refractivity contribution in [2.24, 2.45) is 5.73 Å². The van der Waals surface area contributed by atoms with Crippen LogP contribution < -0.4 is 16.4 Å². The highest BCUT2D eigenvalue weighted by atomic mass is 16.2. The molecule has 0 atom stereocenters. The summed E-state index contributed by atoms with van der Waals surface area (Å²) in [5.41, 5.74) is 6.18. The topological polar surface area (TPSA) is 92.9 Å². The summed E-state index contributed by atoms with van der Waals surface area (Å²) in [6.45, 7) is 1.25. The summed E-state index contributed by atoms with van der Waals surface area (Å²) in [5, 5.41) is 6.40. The first-order chi connectivity index (χ1) is 9.29. The number of rotatable bonds is 5. The molecule has 0 saturated heterocycles. The molecular weight excluding hydrogens is 242 g/mol. The number of nitrogens with one attached hydrogen (secondary N) is 2. The van der Waals surface area contributed by atoms with Crippen LogP contribution in [0.3, 0.4) is 0 Å². The average molecular weight is 259 g/mol. The smallest absolute Gasteiger partial charge is 0.320 e. The molecule has 0 bridgehead atoms. The number of hydrogen-bond donors (Lipinski definition) is 3. The number of amides is 2. The summed E-state index contributed by atoms with van der Waals surface area (Å²) in [4.78, 5) is 19.9. The van der Waals surface area contributed by atoms with E-state index >= 15 is 0 Å². The number of urea groups is 1. The zero-order valence-electron chi connectivity index (χ0n) is 10.6. The number of pyridine rings is 2. The number of unbranched alkanes of at least 4 members (excludes halogenated alkanes) is 1. The number of nitrogens with two attached hydrogens (primary N) is 1. The van der Waals surface area contributed by atoms with Gasteiger partial charge in [-0.1, -0.05) is 0 Å². The van der Waals surface area contributed by atoms with Gasteiger partial charge in [0.1, 0.15) is 5.82 Å². The van der Waals surface area contributed by atoms with Crippen molar-refractivity contribution in [1.29, 1.82) is 0 Å². The van der Waals surface area contributed by atoms with Crippen molar-refractivity contribution in [2.45, 2.75) is 12.8 Å². The van der Waals surface area contributed by atoms with Crippen LogP contribution in [0, 0.1) is 0 Å². The molecule has 19 heavy (non-hydrogen) atoms. The number of anilines is 1. The van der Waals surface area contributed by atoms with Crippen LogP contribution in [-0.4, -0.2) is 29.1 Å². The maximum atomic E-state index is 11.6. The molecule has 4 N–H and O–H groups in total. The van der Waals surface area contributed by atoms with Gasteiger partial charge in [-0.15, -0.1) is 0 Å². The van der Waals surface area contributed by atoms with Gasteiger partial charge in [0, 0.05) is 24.3 Å². The number of carbonyl (C=O) groups is 1. The molecule has 0 aliphatic rings. The summed E-state index contributed by atoms with van der Waals surface area (Å²) in [7, 11) is 0. The van der Waals surface area contributed by atoms with Crippen molar-refractivity contribution in [1.82, 2.24) is 15.3 Å². The summed E-state index contributed by atoms with van der Waals surface area (Å²) in [5.74, 6) is 0.523. The van der Waals surface area contributed by atoms with Gasteiger partial charge in [0.25, 0.3) is 0 Å². The lowest BCUT2D eigenvalue weighted by atomic mass is 10.3. The van der Waals surface area contributed by atoms with E-state index in [9.17, 15) is 4.79 Å². The Morgan fingerprint density at radius 1 is 1.26 bits per heavy atom. The van der Waals surface area contributed by atoms with Crippen molar-refractivity contribution in [3.8, 4) is 0 Å². The molecular formula is C13H17N5O. The lowest BCUT2D eigenvalue weighted by Gasteiger charge is -2.07. The SMILES string of the molecule is NCCCCNC(=O)Nc1ccc2cnccc2n1. The van der Waals surface area contributed by atoms with Gasteiger partial charge in [0.15, 0.2) is 0 Å². The maximum Gasteiger partial charge on any atom is 0.320 e. The summed E-state index contributed by atoms with van der Waals surface area (Å²) in [6.07, 6.45) is 5.19. The van der Waals surface area contributed by atoms with E-state index in [-0.39, 0.29) is 6.03 Å². The summed E-state index contributed by atoms with van der Waals surface area (Å²) >= 11 is 0. The van der Waals surface area contributed by atoms with Crippen molar-refractivity contribution >= 4 is 22.8 Å². The monoisotopic (exact) mass is 259 g/mol. The average Bonchev–Trinajstić information content (AvgIpc) is 2.43. The van der Waals surface area contributed by atoms with Crippen molar-refractivity contribution in [3.63, 3.8) is 0 Å². The molecule has 0 radical (unpaired) electrons. The van der Waals surface area contributed by atoms with Gasteiger partial charge in [-0.05, 0) is 37.6 Å². The fourth-order valence-corrected chi connectivity index (χ4v) is 1.67. The fraction of sp³-hybridized carbons (Fsp3) is 0.308. The molecule has 0 fully saturated rings. The Balaban J connectivity index is 1.91. The highest BCUT2D eigenvalue weighted by Gasteiger charge is 2.03. The third-order valence-corrected chi connectivity index (χ3v) is 2.65. The van der Waals surface area contributed by atoms with Crippen LogP contribution in [-0.2, 0) is 0 Å². The van der Waals surface area contributed by atoms with Gasteiger partial charge in [0.05, 0.1) is 5.52 Å². The van der Waals surface area contributed by atoms with Crippen molar-refractivity contribution < 1.29 is 4.79 Å². The Morgan fingerprint density at radius 2 is 2.16 bits per heavy atom. The van der Waals surface area contributed by atoms with Crippen LogP contribution in [0.25, 0.3) is 10.9 Å². The first-order valence-electron chi connectivity index (χ1n) is 6.25. The van der Waals surface area contributed by atoms with Gasteiger partial charge in [-0.25, -0.2) is 9.78 Å². The highest BCUT2D eigenvalue weighted by molar-refractivity contribution is 5.90. The normalized spacial score (nSPS) is 10.4.